The van der Waals surface area contributed by atoms with Crippen LogP contribution in [0, 0.1) is 17.1 Å². The van der Waals surface area contributed by atoms with E-state index in [1.54, 1.807) is 11.0 Å². The fraction of sp³-hybridized carbons (Fsp3) is 0.263. The van der Waals surface area contributed by atoms with Gasteiger partial charge < -0.3 is 20.3 Å². The van der Waals surface area contributed by atoms with Crippen molar-refractivity contribution in [3.63, 3.8) is 0 Å². The van der Waals surface area contributed by atoms with Crippen molar-refractivity contribution in [2.75, 3.05) is 30.3 Å². The van der Waals surface area contributed by atoms with Gasteiger partial charge in [-0.15, -0.1) is 0 Å². The quantitative estimate of drug-likeness (QED) is 0.857. The van der Waals surface area contributed by atoms with Gasteiger partial charge in [0.2, 0.25) is 0 Å². The zero-order valence-corrected chi connectivity index (χ0v) is 14.1. The Hall–Kier alpha value is -3.27. The molecule has 1 aliphatic heterocycles. The predicted octanol–water partition coefficient (Wildman–Crippen LogP) is 2.76. The number of nitrogens with two attached hydrogens (primary N) is 1. The number of amides is 1. The highest BCUT2D eigenvalue weighted by Gasteiger charge is 2.31. The van der Waals surface area contributed by atoms with E-state index in [0.717, 1.165) is 5.56 Å². The number of carbonyl (C=O) groups is 1. The second-order valence-electron chi connectivity index (χ2n) is 6.03. The average molecular weight is 354 g/mol. The zero-order chi connectivity index (χ0) is 18.5. The summed E-state index contributed by atoms with van der Waals surface area (Å²) in [5.41, 5.74) is 7.64. The van der Waals surface area contributed by atoms with Crippen LogP contribution in [-0.2, 0) is 11.3 Å². The Labute approximate surface area is 151 Å². The molecule has 6 nitrogen and oxygen atoms in total. The first-order valence-electron chi connectivity index (χ1n) is 8.25. The van der Waals surface area contributed by atoms with Gasteiger partial charge in [0.1, 0.15) is 18.5 Å². The van der Waals surface area contributed by atoms with E-state index in [1.165, 1.54) is 17.0 Å². The number of anilines is 2. The van der Waals surface area contributed by atoms with E-state index < -0.39 is 18.0 Å². The first-order chi connectivity index (χ1) is 12.6. The van der Waals surface area contributed by atoms with Crippen molar-refractivity contribution in [2.45, 2.75) is 12.6 Å². The Bertz CT molecular complexity index is 822. The van der Waals surface area contributed by atoms with Gasteiger partial charge in [0.25, 0.3) is 0 Å². The molecule has 1 saturated heterocycles. The maximum absolute atomic E-state index is 13.3. The third-order valence-electron chi connectivity index (χ3n) is 4.29. The minimum Gasteiger partial charge on any atom is -0.445 e. The van der Waals surface area contributed by atoms with E-state index in [-0.39, 0.29) is 18.8 Å². The highest BCUT2D eigenvalue weighted by atomic mass is 19.1. The normalized spacial score (nSPS) is 16.8. The minimum absolute atomic E-state index is 0.183. The summed E-state index contributed by atoms with van der Waals surface area (Å²) in [6, 6.07) is 15.1. The van der Waals surface area contributed by atoms with Crippen molar-refractivity contribution in [3.05, 3.63) is 59.9 Å². The molecule has 0 radical (unpaired) electrons. The van der Waals surface area contributed by atoms with Gasteiger partial charge >= 0.3 is 6.09 Å². The second kappa shape index (κ2) is 7.74. The molecule has 0 bridgehead atoms. The number of benzene rings is 2. The van der Waals surface area contributed by atoms with Gasteiger partial charge in [0, 0.05) is 13.1 Å². The van der Waals surface area contributed by atoms with Crippen LogP contribution in [0.2, 0.25) is 0 Å². The van der Waals surface area contributed by atoms with Gasteiger partial charge in [-0.3, -0.25) is 0 Å². The maximum Gasteiger partial charge on any atom is 0.410 e. The molecule has 3 rings (SSSR count). The Morgan fingerprint density at radius 2 is 2.04 bits per heavy atom. The SMILES string of the molecule is N#CC1CN(C(=O)OCc2ccccc2)CCN1c1ccc(F)cc1N. The van der Waals surface area contributed by atoms with Crippen LogP contribution in [0.4, 0.5) is 20.6 Å². The molecule has 2 aromatic rings. The average Bonchev–Trinajstić information content (AvgIpc) is 2.66. The lowest BCUT2D eigenvalue weighted by Crippen LogP contribution is -2.54. The summed E-state index contributed by atoms with van der Waals surface area (Å²) in [4.78, 5) is 15.6. The van der Waals surface area contributed by atoms with Crippen LogP contribution in [0.5, 0.6) is 0 Å². The third kappa shape index (κ3) is 3.86. The molecule has 134 valence electrons. The van der Waals surface area contributed by atoms with Crippen molar-refractivity contribution < 1.29 is 13.9 Å². The lowest BCUT2D eigenvalue weighted by molar-refractivity contribution is 0.0915. The van der Waals surface area contributed by atoms with Gasteiger partial charge in [0.15, 0.2) is 0 Å². The summed E-state index contributed by atoms with van der Waals surface area (Å²) in [6.07, 6.45) is -0.458. The molecule has 0 spiro atoms. The Morgan fingerprint density at radius 1 is 1.27 bits per heavy atom. The predicted molar refractivity (Wildman–Crippen MR) is 95.8 cm³/mol. The van der Waals surface area contributed by atoms with Crippen LogP contribution >= 0.6 is 0 Å². The molecule has 0 aliphatic carbocycles. The second-order valence-corrected chi connectivity index (χ2v) is 6.03. The number of hydrogen-bond donors (Lipinski definition) is 1. The molecule has 2 aromatic carbocycles. The number of nitrogens with zero attached hydrogens (tertiary/aromatic N) is 3. The van der Waals surface area contributed by atoms with Crippen molar-refractivity contribution in [1.29, 1.82) is 5.26 Å². The molecule has 1 fully saturated rings. The number of ether oxygens (including phenoxy) is 1. The number of nitriles is 1. The Kier molecular flexibility index (Phi) is 5.23. The fourth-order valence-corrected chi connectivity index (χ4v) is 2.95. The molecule has 1 amide bonds. The summed E-state index contributed by atoms with van der Waals surface area (Å²) in [7, 11) is 0. The molecule has 26 heavy (non-hydrogen) atoms. The van der Waals surface area contributed by atoms with E-state index in [2.05, 4.69) is 6.07 Å². The molecular weight excluding hydrogens is 335 g/mol. The lowest BCUT2D eigenvalue weighted by Gasteiger charge is -2.39. The number of carbonyl (C=O) groups excluding carboxylic acids is 1. The van der Waals surface area contributed by atoms with Crippen LogP contribution < -0.4 is 10.6 Å². The Morgan fingerprint density at radius 3 is 2.73 bits per heavy atom. The first kappa shape index (κ1) is 17.5. The van der Waals surface area contributed by atoms with Gasteiger partial charge in [0.05, 0.1) is 24.0 Å². The van der Waals surface area contributed by atoms with Gasteiger partial charge in [-0.1, -0.05) is 30.3 Å². The number of hydrogen-bond acceptors (Lipinski definition) is 5. The highest BCUT2D eigenvalue weighted by Crippen LogP contribution is 2.27. The van der Waals surface area contributed by atoms with Crippen molar-refractivity contribution in [2.24, 2.45) is 0 Å². The monoisotopic (exact) mass is 354 g/mol. The topological polar surface area (TPSA) is 82.6 Å². The van der Waals surface area contributed by atoms with Crippen LogP contribution in [0.15, 0.2) is 48.5 Å². The lowest BCUT2D eigenvalue weighted by atomic mass is 10.1. The standard InChI is InChI=1S/C19H19FN4O2/c20-15-6-7-18(17(22)10-15)24-9-8-23(12-16(24)11-21)19(25)26-13-14-4-2-1-3-5-14/h1-7,10,16H,8-9,12-13,22H2. The van der Waals surface area contributed by atoms with Crippen LogP contribution in [0.1, 0.15) is 5.56 Å². The van der Waals surface area contributed by atoms with Crippen LogP contribution in [0.25, 0.3) is 0 Å². The smallest absolute Gasteiger partial charge is 0.410 e. The molecule has 0 aromatic heterocycles. The highest BCUT2D eigenvalue weighted by molar-refractivity contribution is 5.71. The van der Waals surface area contributed by atoms with Crippen molar-refractivity contribution in [3.8, 4) is 6.07 Å². The van der Waals surface area contributed by atoms with E-state index in [0.29, 0.717) is 18.8 Å². The van der Waals surface area contributed by atoms with Crippen molar-refractivity contribution >= 4 is 17.5 Å². The summed E-state index contributed by atoms with van der Waals surface area (Å²) >= 11 is 0. The number of nitrogen functional groups attached to an aromatic ring is 1. The zero-order valence-electron chi connectivity index (χ0n) is 14.1. The van der Waals surface area contributed by atoms with E-state index in [9.17, 15) is 14.4 Å². The largest absolute Gasteiger partial charge is 0.445 e. The van der Waals surface area contributed by atoms with Crippen LogP contribution in [0.3, 0.4) is 0 Å². The van der Waals surface area contributed by atoms with E-state index in [4.69, 9.17) is 10.5 Å². The third-order valence-corrected chi connectivity index (χ3v) is 4.29. The summed E-state index contributed by atoms with van der Waals surface area (Å²) < 4.78 is 18.6. The maximum atomic E-state index is 13.3. The molecule has 1 atom stereocenters. The minimum atomic E-state index is -0.583. The number of piperazine rings is 1. The summed E-state index contributed by atoms with van der Waals surface area (Å²) in [6.45, 7) is 1.18. The molecule has 1 aliphatic rings. The van der Waals surface area contributed by atoms with E-state index >= 15 is 0 Å². The fourth-order valence-electron chi connectivity index (χ4n) is 2.95. The Balaban J connectivity index is 1.64. The van der Waals surface area contributed by atoms with Gasteiger partial charge in [-0.2, -0.15) is 5.26 Å². The molecule has 7 heteroatoms. The molecule has 0 saturated carbocycles. The van der Waals surface area contributed by atoms with Crippen molar-refractivity contribution in [1.82, 2.24) is 4.90 Å². The summed E-state index contributed by atoms with van der Waals surface area (Å²) in [5.74, 6) is -0.428. The molecule has 1 unspecified atom stereocenters. The molecule has 1 heterocycles. The van der Waals surface area contributed by atoms with Gasteiger partial charge in [-0.25, -0.2) is 9.18 Å². The van der Waals surface area contributed by atoms with E-state index in [1.807, 2.05) is 30.3 Å². The molecule has 2 N–H and O–H groups in total. The summed E-state index contributed by atoms with van der Waals surface area (Å²) in [5, 5.41) is 9.49. The number of rotatable bonds is 3. The number of halogens is 1. The van der Waals surface area contributed by atoms with Crippen LogP contribution in [-0.4, -0.2) is 36.7 Å². The first-order valence-corrected chi connectivity index (χ1v) is 8.25. The van der Waals surface area contributed by atoms with Gasteiger partial charge in [-0.05, 0) is 23.8 Å². The molecular formula is C19H19FN4O2.